The van der Waals surface area contributed by atoms with E-state index >= 15 is 0 Å². The normalized spacial score (nSPS) is 11.6. The monoisotopic (exact) mass is 400 g/mol. The Morgan fingerprint density at radius 2 is 1.75 bits per heavy atom. The second-order valence-electron chi connectivity index (χ2n) is 6.73. The molecule has 0 unspecified atom stereocenters. The van der Waals surface area contributed by atoms with Crippen molar-refractivity contribution >= 4 is 10.0 Å². The number of ether oxygens (including phenoxy) is 1. The predicted molar refractivity (Wildman–Crippen MR) is 108 cm³/mol. The first-order valence-electron chi connectivity index (χ1n) is 8.91. The summed E-state index contributed by atoms with van der Waals surface area (Å²) in [7, 11) is -2.16. The van der Waals surface area contributed by atoms with Crippen LogP contribution in [0.15, 0.2) is 45.8 Å². The van der Waals surface area contributed by atoms with E-state index in [1.54, 1.807) is 33.9 Å². The Morgan fingerprint density at radius 3 is 2.39 bits per heavy atom. The van der Waals surface area contributed by atoms with Gasteiger partial charge in [-0.2, -0.15) is 0 Å². The highest BCUT2D eigenvalue weighted by Gasteiger charge is 2.24. The molecule has 0 aliphatic heterocycles. The highest BCUT2D eigenvalue weighted by atomic mass is 32.2. The van der Waals surface area contributed by atoms with Crippen molar-refractivity contribution in [1.29, 1.82) is 0 Å². The zero-order valence-corrected chi connectivity index (χ0v) is 17.5. The number of hydrogen-bond donors (Lipinski definition) is 1. The van der Waals surface area contributed by atoms with Gasteiger partial charge < -0.3 is 9.26 Å². The maximum atomic E-state index is 13.1. The molecule has 0 spiro atoms. The van der Waals surface area contributed by atoms with Crippen LogP contribution < -0.4 is 9.46 Å². The lowest BCUT2D eigenvalue weighted by molar-refractivity contribution is 0.398. The van der Waals surface area contributed by atoms with Gasteiger partial charge in [-0.15, -0.1) is 0 Å². The van der Waals surface area contributed by atoms with Crippen molar-refractivity contribution < 1.29 is 17.7 Å². The van der Waals surface area contributed by atoms with Crippen LogP contribution >= 0.6 is 0 Å². The van der Waals surface area contributed by atoms with E-state index in [9.17, 15) is 8.42 Å². The molecule has 28 heavy (non-hydrogen) atoms. The molecule has 3 rings (SSSR count). The third-order valence-electron chi connectivity index (χ3n) is 4.94. The van der Waals surface area contributed by atoms with E-state index in [0.29, 0.717) is 28.3 Å². The highest BCUT2D eigenvalue weighted by Crippen LogP contribution is 2.31. The van der Waals surface area contributed by atoms with Crippen molar-refractivity contribution in [3.05, 3.63) is 64.4 Å². The third-order valence-corrected chi connectivity index (χ3v) is 6.63. The lowest BCUT2D eigenvalue weighted by Crippen LogP contribution is -2.25. The van der Waals surface area contributed by atoms with Crippen molar-refractivity contribution in [1.82, 2.24) is 9.88 Å². The van der Waals surface area contributed by atoms with Crippen LogP contribution in [0.5, 0.6) is 5.75 Å². The molecule has 0 amide bonds. The minimum Gasteiger partial charge on any atom is -0.496 e. The molecule has 1 N–H and O–H groups in total. The van der Waals surface area contributed by atoms with Gasteiger partial charge in [-0.25, -0.2) is 13.1 Å². The molecular weight excluding hydrogens is 376 g/mol. The van der Waals surface area contributed by atoms with Gasteiger partial charge in [0.1, 0.15) is 17.2 Å². The molecule has 148 valence electrons. The van der Waals surface area contributed by atoms with E-state index in [-0.39, 0.29) is 11.4 Å². The summed E-state index contributed by atoms with van der Waals surface area (Å²) in [5.41, 5.74) is 4.35. The summed E-state index contributed by atoms with van der Waals surface area (Å²) in [6.45, 7) is 7.27. The topological polar surface area (TPSA) is 81.4 Å². The van der Waals surface area contributed by atoms with E-state index in [2.05, 4.69) is 9.88 Å². The van der Waals surface area contributed by atoms with Crippen molar-refractivity contribution in [3.8, 4) is 17.0 Å². The highest BCUT2D eigenvalue weighted by molar-refractivity contribution is 7.89. The maximum absolute atomic E-state index is 13.1. The molecule has 1 heterocycles. The fourth-order valence-corrected chi connectivity index (χ4v) is 4.83. The fourth-order valence-electron chi connectivity index (χ4n) is 3.31. The Balaban J connectivity index is 1.95. The van der Waals surface area contributed by atoms with Crippen LogP contribution in [-0.2, 0) is 16.6 Å². The van der Waals surface area contributed by atoms with Gasteiger partial charge in [0, 0.05) is 17.7 Å². The number of sulfonamides is 1. The van der Waals surface area contributed by atoms with Gasteiger partial charge in [0.15, 0.2) is 0 Å². The van der Waals surface area contributed by atoms with E-state index in [1.807, 2.05) is 37.3 Å². The molecule has 0 saturated heterocycles. The molecule has 0 aliphatic rings. The molecule has 0 atom stereocenters. The first-order valence-corrected chi connectivity index (χ1v) is 10.4. The van der Waals surface area contributed by atoms with E-state index < -0.39 is 10.0 Å². The van der Waals surface area contributed by atoms with Crippen LogP contribution in [0.25, 0.3) is 11.3 Å². The Labute approximate surface area is 165 Å². The molecule has 0 fully saturated rings. The van der Waals surface area contributed by atoms with Crippen LogP contribution in [0, 0.1) is 27.7 Å². The average Bonchev–Trinajstić information content (AvgIpc) is 3.04. The zero-order valence-electron chi connectivity index (χ0n) is 16.7. The van der Waals surface area contributed by atoms with Gasteiger partial charge >= 0.3 is 0 Å². The second-order valence-corrected chi connectivity index (χ2v) is 8.44. The summed E-state index contributed by atoms with van der Waals surface area (Å²) >= 11 is 0. The summed E-state index contributed by atoms with van der Waals surface area (Å²) < 4.78 is 39.5. The Kier molecular flexibility index (Phi) is 5.58. The van der Waals surface area contributed by atoms with Gasteiger partial charge in [0.2, 0.25) is 10.0 Å². The van der Waals surface area contributed by atoms with Crippen LogP contribution in [0.1, 0.15) is 28.0 Å². The largest absolute Gasteiger partial charge is 0.496 e. The third kappa shape index (κ3) is 3.68. The number of rotatable bonds is 6. The van der Waals surface area contributed by atoms with E-state index in [0.717, 1.165) is 16.7 Å². The summed E-state index contributed by atoms with van der Waals surface area (Å²) in [4.78, 5) is 0.279. The van der Waals surface area contributed by atoms with Gasteiger partial charge in [0.25, 0.3) is 0 Å². The van der Waals surface area contributed by atoms with Gasteiger partial charge in [-0.1, -0.05) is 35.5 Å². The van der Waals surface area contributed by atoms with Crippen LogP contribution in [0.3, 0.4) is 0 Å². The lowest BCUT2D eigenvalue weighted by atomic mass is 10.1. The lowest BCUT2D eigenvalue weighted by Gasteiger charge is -2.16. The quantitative estimate of drug-likeness (QED) is 0.675. The fraction of sp³-hybridized carbons (Fsp3) is 0.286. The molecule has 2 aromatic carbocycles. The molecule has 6 nitrogen and oxygen atoms in total. The first-order chi connectivity index (χ1) is 13.3. The Morgan fingerprint density at radius 1 is 1.07 bits per heavy atom. The molecule has 3 aromatic rings. The number of nitrogens with one attached hydrogen (secondary N) is 1. The second kappa shape index (κ2) is 7.77. The number of hydrogen-bond acceptors (Lipinski definition) is 5. The Bertz CT molecular complexity index is 1100. The minimum atomic E-state index is -3.74. The standard InChI is InChI=1S/C21H24N2O4S/c1-13-11-19(26-5)14(2)15(3)21(13)28(24,25)22-12-18-16(4)27-23-20(18)17-9-7-6-8-10-17/h6-11,22H,12H2,1-5H3. The number of benzene rings is 2. The van der Waals surface area contributed by atoms with E-state index in [1.165, 1.54) is 0 Å². The van der Waals surface area contributed by atoms with Gasteiger partial charge in [-0.3, -0.25) is 0 Å². The number of nitrogens with zero attached hydrogens (tertiary/aromatic N) is 1. The molecule has 1 aromatic heterocycles. The minimum absolute atomic E-state index is 0.0891. The van der Waals surface area contributed by atoms with Crippen LogP contribution in [-0.4, -0.2) is 20.7 Å². The zero-order chi connectivity index (χ0) is 20.5. The van der Waals surface area contributed by atoms with Crippen molar-refractivity contribution in [3.63, 3.8) is 0 Å². The summed E-state index contributed by atoms with van der Waals surface area (Å²) in [5, 5.41) is 4.10. The van der Waals surface area contributed by atoms with Gasteiger partial charge in [-0.05, 0) is 50.5 Å². The van der Waals surface area contributed by atoms with E-state index in [4.69, 9.17) is 9.26 Å². The summed E-state index contributed by atoms with van der Waals surface area (Å²) in [6, 6.07) is 11.3. The number of methoxy groups -OCH3 is 1. The average molecular weight is 401 g/mol. The Hall–Kier alpha value is -2.64. The molecule has 0 bridgehead atoms. The molecule has 0 saturated carbocycles. The maximum Gasteiger partial charge on any atom is 0.241 e. The van der Waals surface area contributed by atoms with Crippen LogP contribution in [0.2, 0.25) is 0 Å². The van der Waals surface area contributed by atoms with Gasteiger partial charge in [0.05, 0.1) is 12.0 Å². The molecule has 0 radical (unpaired) electrons. The number of aromatic nitrogens is 1. The predicted octanol–water partition coefficient (Wildman–Crippen LogP) is 4.06. The first kappa shape index (κ1) is 20.1. The van der Waals surface area contributed by atoms with Crippen molar-refractivity contribution in [2.75, 3.05) is 7.11 Å². The molecule has 0 aliphatic carbocycles. The summed E-state index contributed by atoms with van der Waals surface area (Å²) in [5.74, 6) is 1.26. The molecule has 7 heteroatoms. The smallest absolute Gasteiger partial charge is 0.241 e. The molecular formula is C21H24N2O4S. The van der Waals surface area contributed by atoms with Crippen LogP contribution in [0.4, 0.5) is 0 Å². The van der Waals surface area contributed by atoms with Crippen molar-refractivity contribution in [2.24, 2.45) is 0 Å². The SMILES string of the molecule is COc1cc(C)c(S(=O)(=O)NCc2c(-c3ccccc3)noc2C)c(C)c1C. The van der Waals surface area contributed by atoms with Crippen molar-refractivity contribution in [2.45, 2.75) is 39.1 Å². The summed E-state index contributed by atoms with van der Waals surface area (Å²) in [6.07, 6.45) is 0. The number of aryl methyl sites for hydroxylation is 2.